The standard InChI is InChI=1S/C17H20NS/c1-11(2)17-18(12(3)4)16-14-8-6-5-7-13(14)9-10-15(16)19-17/h5-12H,1-4H3/q+1. The summed E-state index contributed by atoms with van der Waals surface area (Å²) in [6.07, 6.45) is 0. The van der Waals surface area contributed by atoms with E-state index in [2.05, 4.69) is 68.7 Å². The molecule has 2 heteroatoms. The third-order valence-electron chi connectivity index (χ3n) is 3.57. The van der Waals surface area contributed by atoms with E-state index in [1.165, 1.54) is 26.0 Å². The van der Waals surface area contributed by atoms with Crippen LogP contribution in [0.3, 0.4) is 0 Å². The quantitative estimate of drug-likeness (QED) is 0.574. The fraction of sp³-hybridized carbons (Fsp3) is 0.353. The fourth-order valence-electron chi connectivity index (χ4n) is 2.75. The molecule has 0 amide bonds. The molecule has 0 aliphatic carbocycles. The van der Waals surface area contributed by atoms with Crippen molar-refractivity contribution in [3.05, 3.63) is 41.4 Å². The molecule has 0 N–H and O–H groups in total. The second-order valence-corrected chi connectivity index (χ2v) is 6.75. The van der Waals surface area contributed by atoms with Crippen molar-refractivity contribution >= 4 is 32.3 Å². The Kier molecular flexibility index (Phi) is 3.06. The first kappa shape index (κ1) is 12.6. The Morgan fingerprint density at radius 1 is 0.947 bits per heavy atom. The minimum Gasteiger partial charge on any atom is -0.183 e. The van der Waals surface area contributed by atoms with Gasteiger partial charge in [0.15, 0.2) is 6.04 Å². The summed E-state index contributed by atoms with van der Waals surface area (Å²) in [4.78, 5) is 0. The van der Waals surface area contributed by atoms with Crippen LogP contribution in [0.1, 0.15) is 44.7 Å². The van der Waals surface area contributed by atoms with Gasteiger partial charge in [-0.25, -0.2) is 0 Å². The summed E-state index contributed by atoms with van der Waals surface area (Å²) >= 11 is 1.94. The number of fused-ring (bicyclic) bond motifs is 3. The van der Waals surface area contributed by atoms with Crippen LogP contribution in [-0.4, -0.2) is 0 Å². The first-order valence-corrected chi connectivity index (χ1v) is 7.77. The van der Waals surface area contributed by atoms with Crippen molar-refractivity contribution in [1.82, 2.24) is 0 Å². The highest BCUT2D eigenvalue weighted by molar-refractivity contribution is 7.18. The van der Waals surface area contributed by atoms with E-state index in [1.807, 2.05) is 11.3 Å². The lowest BCUT2D eigenvalue weighted by Gasteiger charge is -2.06. The van der Waals surface area contributed by atoms with Gasteiger partial charge in [0.2, 0.25) is 10.5 Å². The average molecular weight is 270 g/mol. The number of nitrogens with zero attached hydrogens (tertiary/aromatic N) is 1. The van der Waals surface area contributed by atoms with Gasteiger partial charge in [-0.3, -0.25) is 0 Å². The second kappa shape index (κ2) is 4.61. The molecule has 1 heterocycles. The lowest BCUT2D eigenvalue weighted by Crippen LogP contribution is -2.39. The van der Waals surface area contributed by atoms with E-state index in [4.69, 9.17) is 0 Å². The molecular formula is C17H20NS+. The molecule has 0 saturated heterocycles. The van der Waals surface area contributed by atoms with Gasteiger partial charge in [0, 0.05) is 5.92 Å². The summed E-state index contributed by atoms with van der Waals surface area (Å²) in [7, 11) is 0. The Morgan fingerprint density at radius 2 is 1.68 bits per heavy atom. The zero-order valence-electron chi connectivity index (χ0n) is 12.0. The third kappa shape index (κ3) is 1.95. The Balaban J connectivity index is 2.50. The highest BCUT2D eigenvalue weighted by Crippen LogP contribution is 2.32. The molecule has 0 radical (unpaired) electrons. The maximum absolute atomic E-state index is 2.52. The number of rotatable bonds is 2. The van der Waals surface area contributed by atoms with Crippen LogP contribution < -0.4 is 4.57 Å². The lowest BCUT2D eigenvalue weighted by molar-refractivity contribution is -0.694. The van der Waals surface area contributed by atoms with Crippen molar-refractivity contribution < 1.29 is 4.57 Å². The van der Waals surface area contributed by atoms with Crippen molar-refractivity contribution in [1.29, 1.82) is 0 Å². The Bertz CT molecular complexity index is 737. The van der Waals surface area contributed by atoms with E-state index in [1.54, 1.807) is 0 Å². The zero-order chi connectivity index (χ0) is 13.6. The van der Waals surface area contributed by atoms with Crippen LogP contribution in [0.5, 0.6) is 0 Å². The molecule has 0 aliphatic rings. The summed E-state index contributed by atoms with van der Waals surface area (Å²) in [6, 6.07) is 13.7. The Hall–Kier alpha value is -1.41. The largest absolute Gasteiger partial charge is 0.241 e. The van der Waals surface area contributed by atoms with E-state index in [9.17, 15) is 0 Å². The van der Waals surface area contributed by atoms with Gasteiger partial charge in [0.05, 0.1) is 5.39 Å². The van der Waals surface area contributed by atoms with Crippen molar-refractivity contribution in [2.24, 2.45) is 0 Å². The Labute approximate surface area is 118 Å². The fourth-order valence-corrected chi connectivity index (χ4v) is 4.05. The molecule has 0 aliphatic heterocycles. The second-order valence-electron chi connectivity index (χ2n) is 5.69. The van der Waals surface area contributed by atoms with Gasteiger partial charge in [0.1, 0.15) is 4.70 Å². The summed E-state index contributed by atoms with van der Waals surface area (Å²) < 4.78 is 3.92. The van der Waals surface area contributed by atoms with E-state index in [0.717, 1.165) is 0 Å². The van der Waals surface area contributed by atoms with Crippen LogP contribution in [0.15, 0.2) is 36.4 Å². The minimum absolute atomic E-state index is 0.497. The summed E-state index contributed by atoms with van der Waals surface area (Å²) in [5.41, 5.74) is 1.40. The maximum atomic E-state index is 2.52. The molecule has 0 spiro atoms. The SMILES string of the molecule is CC(C)c1sc2ccc3ccccc3c2[n+]1C(C)C. The van der Waals surface area contributed by atoms with Crippen LogP contribution in [0, 0.1) is 0 Å². The predicted molar refractivity (Wildman–Crippen MR) is 84.0 cm³/mol. The van der Waals surface area contributed by atoms with Crippen molar-refractivity contribution in [3.8, 4) is 0 Å². The van der Waals surface area contributed by atoms with Crippen LogP contribution in [0.4, 0.5) is 0 Å². The number of aromatic nitrogens is 1. The molecular weight excluding hydrogens is 250 g/mol. The molecule has 0 atom stereocenters. The topological polar surface area (TPSA) is 3.88 Å². The number of benzene rings is 2. The van der Waals surface area contributed by atoms with Crippen molar-refractivity contribution in [2.45, 2.75) is 39.7 Å². The smallest absolute Gasteiger partial charge is 0.183 e. The van der Waals surface area contributed by atoms with E-state index in [0.29, 0.717) is 12.0 Å². The Morgan fingerprint density at radius 3 is 2.37 bits per heavy atom. The zero-order valence-corrected chi connectivity index (χ0v) is 12.8. The molecule has 0 unspecified atom stereocenters. The van der Waals surface area contributed by atoms with Gasteiger partial charge in [-0.15, -0.1) is 0 Å². The maximum Gasteiger partial charge on any atom is 0.241 e. The van der Waals surface area contributed by atoms with E-state index >= 15 is 0 Å². The van der Waals surface area contributed by atoms with Gasteiger partial charge >= 0.3 is 0 Å². The molecule has 1 nitrogen and oxygen atoms in total. The lowest BCUT2D eigenvalue weighted by atomic mass is 10.1. The molecule has 19 heavy (non-hydrogen) atoms. The van der Waals surface area contributed by atoms with Gasteiger partial charge in [0.25, 0.3) is 0 Å². The van der Waals surface area contributed by atoms with Crippen LogP contribution in [0.25, 0.3) is 21.0 Å². The third-order valence-corrected chi connectivity index (χ3v) is 4.99. The normalized spacial score (nSPS) is 12.1. The minimum atomic E-state index is 0.497. The van der Waals surface area contributed by atoms with Crippen molar-refractivity contribution in [2.75, 3.05) is 0 Å². The monoisotopic (exact) mass is 270 g/mol. The van der Waals surface area contributed by atoms with Gasteiger partial charge in [-0.05, 0) is 31.4 Å². The molecule has 3 aromatic rings. The van der Waals surface area contributed by atoms with Crippen LogP contribution in [0.2, 0.25) is 0 Å². The van der Waals surface area contributed by atoms with Crippen LogP contribution >= 0.6 is 11.3 Å². The first-order valence-electron chi connectivity index (χ1n) is 6.95. The number of thiazole rings is 1. The van der Waals surface area contributed by atoms with Gasteiger partial charge < -0.3 is 0 Å². The summed E-state index contributed by atoms with van der Waals surface area (Å²) in [5, 5.41) is 4.18. The molecule has 2 aromatic carbocycles. The number of hydrogen-bond donors (Lipinski definition) is 0. The average Bonchev–Trinajstić information content (AvgIpc) is 2.78. The molecule has 1 aromatic heterocycles. The number of hydrogen-bond acceptors (Lipinski definition) is 1. The van der Waals surface area contributed by atoms with Gasteiger partial charge in [-0.2, -0.15) is 4.57 Å². The molecule has 98 valence electrons. The van der Waals surface area contributed by atoms with E-state index < -0.39 is 0 Å². The molecule has 0 saturated carbocycles. The molecule has 3 rings (SSSR count). The van der Waals surface area contributed by atoms with Gasteiger partial charge in [-0.1, -0.05) is 49.4 Å². The molecule has 0 fully saturated rings. The summed E-state index contributed by atoms with van der Waals surface area (Å²) in [6.45, 7) is 9.12. The predicted octanol–water partition coefficient (Wildman–Crippen LogP) is 5.05. The van der Waals surface area contributed by atoms with E-state index in [-0.39, 0.29) is 0 Å². The summed E-state index contributed by atoms with van der Waals surface area (Å²) in [5.74, 6) is 0.568. The van der Waals surface area contributed by atoms with Crippen LogP contribution in [-0.2, 0) is 0 Å². The highest BCUT2D eigenvalue weighted by Gasteiger charge is 2.26. The molecule has 0 bridgehead atoms. The van der Waals surface area contributed by atoms with Crippen molar-refractivity contribution in [3.63, 3.8) is 0 Å². The first-order chi connectivity index (χ1) is 9.09. The highest BCUT2D eigenvalue weighted by atomic mass is 32.1.